The van der Waals surface area contributed by atoms with Crippen LogP contribution in [0.25, 0.3) is 0 Å². The standard InChI is InChI=1S/C11H17N5O/c1-9(11(12)17)15-4-6-16(7-5-15)10-2-3-13-8-14-10/h2-3,8-9H,4-7H2,1H3,(H2,12,17)/t9-/m1/s1. The van der Waals surface area contributed by atoms with Crippen LogP contribution in [0.2, 0.25) is 0 Å². The van der Waals surface area contributed by atoms with Crippen molar-refractivity contribution >= 4 is 11.7 Å². The lowest BCUT2D eigenvalue weighted by molar-refractivity contribution is -0.122. The number of anilines is 1. The highest BCUT2D eigenvalue weighted by atomic mass is 16.1. The summed E-state index contributed by atoms with van der Waals surface area (Å²) in [6, 6.07) is 1.70. The van der Waals surface area contributed by atoms with Crippen LogP contribution in [0.1, 0.15) is 6.92 Å². The summed E-state index contributed by atoms with van der Waals surface area (Å²) in [5.74, 6) is 0.673. The molecule has 0 aromatic carbocycles. The van der Waals surface area contributed by atoms with Gasteiger partial charge >= 0.3 is 0 Å². The molecular formula is C11H17N5O. The van der Waals surface area contributed by atoms with E-state index in [1.54, 1.807) is 12.5 Å². The quantitative estimate of drug-likeness (QED) is 0.762. The topological polar surface area (TPSA) is 75.4 Å². The predicted octanol–water partition coefficient (Wildman–Crippen LogP) is -0.528. The minimum Gasteiger partial charge on any atom is -0.368 e. The second-order valence-electron chi connectivity index (χ2n) is 4.17. The highest BCUT2D eigenvalue weighted by Gasteiger charge is 2.24. The molecule has 0 spiro atoms. The van der Waals surface area contributed by atoms with E-state index in [9.17, 15) is 4.79 Å². The molecule has 1 saturated heterocycles. The molecule has 2 rings (SSSR count). The molecule has 1 amide bonds. The van der Waals surface area contributed by atoms with Crippen LogP contribution in [0.3, 0.4) is 0 Å². The number of hydrogen-bond acceptors (Lipinski definition) is 5. The maximum absolute atomic E-state index is 11.1. The molecule has 0 radical (unpaired) electrons. The number of hydrogen-bond donors (Lipinski definition) is 1. The molecule has 0 unspecified atom stereocenters. The van der Waals surface area contributed by atoms with Gasteiger partial charge in [-0.1, -0.05) is 0 Å². The number of aromatic nitrogens is 2. The monoisotopic (exact) mass is 235 g/mol. The maximum atomic E-state index is 11.1. The van der Waals surface area contributed by atoms with E-state index in [0.717, 1.165) is 32.0 Å². The molecule has 0 aliphatic carbocycles. The van der Waals surface area contributed by atoms with Crippen molar-refractivity contribution in [1.29, 1.82) is 0 Å². The van der Waals surface area contributed by atoms with Crippen molar-refractivity contribution < 1.29 is 4.79 Å². The van der Waals surface area contributed by atoms with Crippen molar-refractivity contribution in [1.82, 2.24) is 14.9 Å². The summed E-state index contributed by atoms with van der Waals surface area (Å²) in [4.78, 5) is 23.5. The molecule has 6 heteroatoms. The molecule has 1 aliphatic rings. The third-order valence-corrected chi connectivity index (χ3v) is 3.16. The molecule has 1 fully saturated rings. The molecule has 2 heterocycles. The first-order chi connectivity index (χ1) is 8.18. The minimum atomic E-state index is -0.263. The zero-order chi connectivity index (χ0) is 12.3. The van der Waals surface area contributed by atoms with Gasteiger partial charge in [0.25, 0.3) is 0 Å². The number of carbonyl (C=O) groups excluding carboxylic acids is 1. The van der Waals surface area contributed by atoms with Gasteiger partial charge in [-0.25, -0.2) is 9.97 Å². The van der Waals surface area contributed by atoms with E-state index < -0.39 is 0 Å². The number of nitrogens with two attached hydrogens (primary N) is 1. The first-order valence-corrected chi connectivity index (χ1v) is 5.73. The van der Waals surface area contributed by atoms with Crippen molar-refractivity contribution in [3.05, 3.63) is 18.6 Å². The van der Waals surface area contributed by atoms with E-state index in [1.165, 1.54) is 0 Å². The zero-order valence-electron chi connectivity index (χ0n) is 9.91. The normalized spacial score (nSPS) is 19.0. The summed E-state index contributed by atoms with van der Waals surface area (Å²) in [6.07, 6.45) is 3.29. The summed E-state index contributed by atoms with van der Waals surface area (Å²) in [5, 5.41) is 0. The highest BCUT2D eigenvalue weighted by molar-refractivity contribution is 5.79. The fourth-order valence-corrected chi connectivity index (χ4v) is 1.99. The van der Waals surface area contributed by atoms with Gasteiger partial charge in [-0.15, -0.1) is 0 Å². The number of nitrogens with zero attached hydrogens (tertiary/aromatic N) is 4. The largest absolute Gasteiger partial charge is 0.368 e. The van der Waals surface area contributed by atoms with Gasteiger partial charge in [0, 0.05) is 32.4 Å². The SMILES string of the molecule is C[C@H](C(N)=O)N1CCN(c2ccncn2)CC1. The Morgan fingerprint density at radius 2 is 2.12 bits per heavy atom. The fraction of sp³-hybridized carbons (Fsp3) is 0.545. The Balaban J connectivity index is 1.93. The fourth-order valence-electron chi connectivity index (χ4n) is 1.99. The lowest BCUT2D eigenvalue weighted by Gasteiger charge is -2.37. The van der Waals surface area contributed by atoms with E-state index in [-0.39, 0.29) is 11.9 Å². The summed E-state index contributed by atoms with van der Waals surface area (Å²) in [5.41, 5.74) is 5.30. The molecule has 1 aromatic heterocycles. The Hall–Kier alpha value is -1.69. The predicted molar refractivity (Wildman–Crippen MR) is 64.5 cm³/mol. The second kappa shape index (κ2) is 5.09. The van der Waals surface area contributed by atoms with Crippen LogP contribution in [0.4, 0.5) is 5.82 Å². The zero-order valence-corrected chi connectivity index (χ0v) is 9.91. The third-order valence-electron chi connectivity index (χ3n) is 3.16. The minimum absolute atomic E-state index is 0.192. The second-order valence-corrected chi connectivity index (χ2v) is 4.17. The van der Waals surface area contributed by atoms with Crippen LogP contribution in [0.15, 0.2) is 18.6 Å². The van der Waals surface area contributed by atoms with Crippen molar-refractivity contribution in [2.75, 3.05) is 31.1 Å². The first kappa shape index (κ1) is 11.8. The smallest absolute Gasteiger partial charge is 0.234 e. The number of amides is 1. The van der Waals surface area contributed by atoms with Gasteiger partial charge in [0.05, 0.1) is 6.04 Å². The number of primary amides is 1. The van der Waals surface area contributed by atoms with Crippen molar-refractivity contribution in [3.63, 3.8) is 0 Å². The number of piperazine rings is 1. The Bertz CT molecular complexity index is 375. The number of carbonyl (C=O) groups is 1. The van der Waals surface area contributed by atoms with Gasteiger partial charge in [-0.3, -0.25) is 9.69 Å². The van der Waals surface area contributed by atoms with Crippen molar-refractivity contribution in [2.45, 2.75) is 13.0 Å². The lowest BCUT2D eigenvalue weighted by atomic mass is 10.2. The molecule has 2 N–H and O–H groups in total. The Morgan fingerprint density at radius 1 is 1.41 bits per heavy atom. The van der Waals surface area contributed by atoms with Crippen molar-refractivity contribution in [2.24, 2.45) is 5.73 Å². The van der Waals surface area contributed by atoms with Gasteiger partial charge in [0.2, 0.25) is 5.91 Å². The molecule has 1 atom stereocenters. The van der Waals surface area contributed by atoms with Gasteiger partial charge in [-0.05, 0) is 13.0 Å². The van der Waals surface area contributed by atoms with Crippen LogP contribution in [-0.4, -0.2) is 53.0 Å². The summed E-state index contributed by atoms with van der Waals surface area (Å²) < 4.78 is 0. The molecule has 6 nitrogen and oxygen atoms in total. The van der Waals surface area contributed by atoms with E-state index in [4.69, 9.17) is 5.73 Å². The average molecular weight is 235 g/mol. The summed E-state index contributed by atoms with van der Waals surface area (Å²) in [7, 11) is 0. The lowest BCUT2D eigenvalue weighted by Crippen LogP contribution is -2.53. The molecule has 0 bridgehead atoms. The van der Waals surface area contributed by atoms with Crippen LogP contribution >= 0.6 is 0 Å². The maximum Gasteiger partial charge on any atom is 0.234 e. The van der Waals surface area contributed by atoms with E-state index in [0.29, 0.717) is 0 Å². The van der Waals surface area contributed by atoms with E-state index in [2.05, 4.69) is 19.8 Å². The molecule has 1 aliphatic heterocycles. The van der Waals surface area contributed by atoms with E-state index >= 15 is 0 Å². The number of rotatable bonds is 3. The van der Waals surface area contributed by atoms with Crippen LogP contribution in [-0.2, 0) is 4.79 Å². The van der Waals surface area contributed by atoms with E-state index in [1.807, 2.05) is 13.0 Å². The van der Waals surface area contributed by atoms with Crippen molar-refractivity contribution in [3.8, 4) is 0 Å². The molecule has 17 heavy (non-hydrogen) atoms. The van der Waals surface area contributed by atoms with Gasteiger partial charge in [-0.2, -0.15) is 0 Å². The van der Waals surface area contributed by atoms with Crippen LogP contribution in [0, 0.1) is 0 Å². The van der Waals surface area contributed by atoms with Crippen LogP contribution in [0.5, 0.6) is 0 Å². The Labute approximate surface area is 100 Å². The summed E-state index contributed by atoms with van der Waals surface area (Å²) in [6.45, 7) is 5.22. The Morgan fingerprint density at radius 3 is 2.65 bits per heavy atom. The molecule has 0 saturated carbocycles. The summed E-state index contributed by atoms with van der Waals surface area (Å²) >= 11 is 0. The molecule has 92 valence electrons. The van der Waals surface area contributed by atoms with Gasteiger partial charge in [0.1, 0.15) is 12.1 Å². The van der Waals surface area contributed by atoms with Crippen LogP contribution < -0.4 is 10.6 Å². The highest BCUT2D eigenvalue weighted by Crippen LogP contribution is 2.13. The molecule has 1 aromatic rings. The molecular weight excluding hydrogens is 218 g/mol. The first-order valence-electron chi connectivity index (χ1n) is 5.73. The van der Waals surface area contributed by atoms with Gasteiger partial charge in [0.15, 0.2) is 0 Å². The Kier molecular flexibility index (Phi) is 3.53. The average Bonchev–Trinajstić information content (AvgIpc) is 2.39. The third kappa shape index (κ3) is 2.71. The van der Waals surface area contributed by atoms with Gasteiger partial charge < -0.3 is 10.6 Å².